The molecule has 9 nitrogen and oxygen atoms in total. The summed E-state index contributed by atoms with van der Waals surface area (Å²) in [6.07, 6.45) is 0. The Bertz CT molecular complexity index is 888. The van der Waals surface area contributed by atoms with Gasteiger partial charge in [0.2, 0.25) is 5.95 Å². The van der Waals surface area contributed by atoms with Gasteiger partial charge in [-0.3, -0.25) is 5.32 Å². The molecular formula is C13H13ClN4O5S. The van der Waals surface area contributed by atoms with Crippen LogP contribution < -0.4 is 14.8 Å². The van der Waals surface area contributed by atoms with Crippen molar-refractivity contribution in [2.24, 2.45) is 0 Å². The van der Waals surface area contributed by atoms with Crippen molar-refractivity contribution in [2.75, 3.05) is 12.4 Å². The lowest BCUT2D eigenvalue weighted by atomic mass is 10.4. The van der Waals surface area contributed by atoms with Gasteiger partial charge < -0.3 is 9.84 Å². The van der Waals surface area contributed by atoms with Gasteiger partial charge in [0.1, 0.15) is 4.90 Å². The highest BCUT2D eigenvalue weighted by molar-refractivity contribution is 7.90. The molecule has 0 aliphatic heterocycles. The van der Waals surface area contributed by atoms with Crippen LogP contribution in [0.4, 0.5) is 10.7 Å². The van der Waals surface area contributed by atoms with Gasteiger partial charge in [0.05, 0.1) is 17.8 Å². The van der Waals surface area contributed by atoms with Crippen LogP contribution in [-0.2, 0) is 10.0 Å². The number of hydrogen-bond donors (Lipinski definition) is 3. The summed E-state index contributed by atoms with van der Waals surface area (Å²) in [5.74, 6) is -0.687. The minimum atomic E-state index is -4.17. The fourth-order valence-electron chi connectivity index (χ4n) is 1.71. The fourth-order valence-corrected chi connectivity index (χ4v) is 3.13. The molecule has 0 aliphatic rings. The lowest BCUT2D eigenvalue weighted by Crippen LogP contribution is -2.35. The Hall–Kier alpha value is -2.59. The molecule has 0 aliphatic carbocycles. The van der Waals surface area contributed by atoms with E-state index >= 15 is 0 Å². The predicted molar refractivity (Wildman–Crippen MR) is 85.8 cm³/mol. The number of nitrogens with zero attached hydrogens (tertiary/aromatic N) is 2. The maximum absolute atomic E-state index is 12.1. The molecule has 0 atom stereocenters. The molecule has 0 fully saturated rings. The predicted octanol–water partition coefficient (Wildman–Crippen LogP) is 1.66. The normalized spacial score (nSPS) is 11.0. The summed E-state index contributed by atoms with van der Waals surface area (Å²) in [6, 6.07) is 4.56. The van der Waals surface area contributed by atoms with Gasteiger partial charge in [0.25, 0.3) is 15.9 Å². The van der Waals surface area contributed by atoms with Crippen molar-refractivity contribution in [2.45, 2.75) is 11.8 Å². The monoisotopic (exact) mass is 372 g/mol. The van der Waals surface area contributed by atoms with Crippen molar-refractivity contribution in [3.05, 3.63) is 35.0 Å². The number of urea groups is 1. The number of nitrogens with one attached hydrogen (secondary N) is 2. The zero-order chi connectivity index (χ0) is 17.9. The van der Waals surface area contributed by atoms with E-state index in [0.29, 0.717) is 0 Å². The Morgan fingerprint density at radius 3 is 2.58 bits per heavy atom. The van der Waals surface area contributed by atoms with Crippen molar-refractivity contribution in [1.29, 1.82) is 0 Å². The van der Waals surface area contributed by atoms with E-state index in [4.69, 9.17) is 16.3 Å². The summed E-state index contributed by atoms with van der Waals surface area (Å²) in [5, 5.41) is 11.7. The summed E-state index contributed by atoms with van der Waals surface area (Å²) in [7, 11) is -2.90. The smallest absolute Gasteiger partial charge is 0.335 e. The largest absolute Gasteiger partial charge is 0.502 e. The number of aromatic nitrogens is 2. The summed E-state index contributed by atoms with van der Waals surface area (Å²) < 4.78 is 30.9. The van der Waals surface area contributed by atoms with Gasteiger partial charge in [-0.05, 0) is 19.1 Å². The first-order chi connectivity index (χ1) is 11.2. The molecule has 0 unspecified atom stereocenters. The van der Waals surface area contributed by atoms with Crippen LogP contribution in [0.5, 0.6) is 11.6 Å². The van der Waals surface area contributed by atoms with E-state index in [1.165, 1.54) is 32.2 Å². The van der Waals surface area contributed by atoms with Gasteiger partial charge in [0.15, 0.2) is 5.75 Å². The number of carbonyl (C=O) groups excluding carboxylic acids is 1. The van der Waals surface area contributed by atoms with Gasteiger partial charge in [0, 0.05) is 0 Å². The van der Waals surface area contributed by atoms with E-state index in [9.17, 15) is 18.3 Å². The third kappa shape index (κ3) is 3.84. The number of sulfonamides is 1. The summed E-state index contributed by atoms with van der Waals surface area (Å²) >= 11 is 5.81. The van der Waals surface area contributed by atoms with E-state index in [0.717, 1.165) is 0 Å². The Kier molecular flexibility index (Phi) is 5.10. The molecule has 3 N–H and O–H groups in total. The Morgan fingerprint density at radius 2 is 1.96 bits per heavy atom. The van der Waals surface area contributed by atoms with Crippen molar-refractivity contribution in [1.82, 2.24) is 14.7 Å². The number of methoxy groups -OCH3 is 1. The molecular weight excluding hydrogens is 360 g/mol. The number of anilines is 1. The zero-order valence-corrected chi connectivity index (χ0v) is 14.1. The van der Waals surface area contributed by atoms with Gasteiger partial charge in [-0.15, -0.1) is 0 Å². The van der Waals surface area contributed by atoms with Crippen LogP contribution in [0.3, 0.4) is 0 Å². The number of amides is 2. The van der Waals surface area contributed by atoms with Crippen LogP contribution in [0.15, 0.2) is 29.2 Å². The molecule has 24 heavy (non-hydrogen) atoms. The van der Waals surface area contributed by atoms with Crippen LogP contribution in [0.25, 0.3) is 0 Å². The first-order valence-corrected chi connectivity index (χ1v) is 8.30. The second kappa shape index (κ2) is 6.89. The van der Waals surface area contributed by atoms with Crippen molar-refractivity contribution in [3.8, 4) is 11.6 Å². The highest BCUT2D eigenvalue weighted by Crippen LogP contribution is 2.26. The SMILES string of the molecule is COc1nc(NC(=O)NS(=O)(=O)c2ccccc2Cl)nc(C)c1O. The molecule has 0 bridgehead atoms. The van der Waals surface area contributed by atoms with Gasteiger partial charge in [-0.1, -0.05) is 23.7 Å². The number of halogens is 1. The van der Waals surface area contributed by atoms with E-state index in [1.54, 1.807) is 10.8 Å². The standard InChI is InChI=1S/C13H13ClN4O5S/c1-7-10(19)11(23-2)16-12(15-7)17-13(20)18-24(21,22)9-6-4-3-5-8(9)14/h3-6,19H,1-2H3,(H2,15,16,17,18,20). The van der Waals surface area contributed by atoms with E-state index in [1.807, 2.05) is 0 Å². The summed E-state index contributed by atoms with van der Waals surface area (Å²) in [6.45, 7) is 1.46. The maximum Gasteiger partial charge on any atom is 0.335 e. The van der Waals surface area contributed by atoms with Crippen LogP contribution in [0, 0.1) is 6.92 Å². The second-order valence-corrected chi connectivity index (χ2v) is 6.54. The van der Waals surface area contributed by atoms with E-state index in [-0.39, 0.29) is 33.2 Å². The number of carbonyl (C=O) groups is 1. The Morgan fingerprint density at radius 1 is 1.29 bits per heavy atom. The Labute approximate surface area is 142 Å². The van der Waals surface area contributed by atoms with Crippen LogP contribution in [-0.4, -0.2) is 36.6 Å². The number of rotatable bonds is 4. The van der Waals surface area contributed by atoms with E-state index < -0.39 is 16.1 Å². The fraction of sp³-hybridized carbons (Fsp3) is 0.154. The average molecular weight is 373 g/mol. The highest BCUT2D eigenvalue weighted by Gasteiger charge is 2.21. The third-order valence-electron chi connectivity index (χ3n) is 2.80. The Balaban J connectivity index is 2.20. The molecule has 2 aromatic rings. The van der Waals surface area contributed by atoms with E-state index in [2.05, 4.69) is 15.3 Å². The maximum atomic E-state index is 12.1. The van der Waals surface area contributed by atoms with Crippen molar-refractivity contribution in [3.63, 3.8) is 0 Å². The van der Waals surface area contributed by atoms with Crippen molar-refractivity contribution < 1.29 is 23.1 Å². The lowest BCUT2D eigenvalue weighted by Gasteiger charge is -2.10. The quantitative estimate of drug-likeness (QED) is 0.743. The zero-order valence-electron chi connectivity index (χ0n) is 12.6. The third-order valence-corrected chi connectivity index (χ3v) is 4.63. The molecule has 1 aromatic carbocycles. The van der Waals surface area contributed by atoms with Gasteiger partial charge in [-0.2, -0.15) is 4.98 Å². The number of aromatic hydroxyl groups is 1. The average Bonchev–Trinajstić information content (AvgIpc) is 2.50. The molecule has 0 radical (unpaired) electrons. The minimum absolute atomic E-state index is 0.0313. The molecule has 0 saturated heterocycles. The molecule has 128 valence electrons. The lowest BCUT2D eigenvalue weighted by molar-refractivity contribution is 0.256. The summed E-state index contributed by atoms with van der Waals surface area (Å²) in [5.41, 5.74) is 0.145. The van der Waals surface area contributed by atoms with Crippen LogP contribution >= 0.6 is 11.6 Å². The molecule has 0 spiro atoms. The van der Waals surface area contributed by atoms with Gasteiger partial charge >= 0.3 is 6.03 Å². The minimum Gasteiger partial charge on any atom is -0.502 e. The molecule has 0 saturated carbocycles. The topological polar surface area (TPSA) is 131 Å². The number of aryl methyl sites for hydroxylation is 1. The first-order valence-electron chi connectivity index (χ1n) is 6.44. The van der Waals surface area contributed by atoms with Gasteiger partial charge in [-0.25, -0.2) is 22.9 Å². The number of benzene rings is 1. The number of hydrogen-bond acceptors (Lipinski definition) is 7. The van der Waals surface area contributed by atoms with Crippen molar-refractivity contribution >= 4 is 33.6 Å². The van der Waals surface area contributed by atoms with Crippen LogP contribution in [0.2, 0.25) is 5.02 Å². The number of ether oxygens (including phenoxy) is 1. The molecule has 2 rings (SSSR count). The summed E-state index contributed by atoms with van der Waals surface area (Å²) in [4.78, 5) is 19.2. The highest BCUT2D eigenvalue weighted by atomic mass is 35.5. The molecule has 1 aromatic heterocycles. The molecule has 2 amide bonds. The van der Waals surface area contributed by atoms with Crippen LogP contribution in [0.1, 0.15) is 5.69 Å². The molecule has 11 heteroatoms. The first kappa shape index (κ1) is 17.8. The second-order valence-electron chi connectivity index (χ2n) is 4.48. The molecule has 1 heterocycles.